The summed E-state index contributed by atoms with van der Waals surface area (Å²) in [6.45, 7) is 9.80. The van der Waals surface area contributed by atoms with E-state index in [0.717, 1.165) is 38.9 Å². The van der Waals surface area contributed by atoms with Crippen molar-refractivity contribution in [3.8, 4) is 0 Å². The fraction of sp³-hybridized carbons (Fsp3) is 0.923. The average molecular weight is 242 g/mol. The molecule has 0 aromatic carbocycles. The lowest BCUT2D eigenvalue weighted by Gasteiger charge is -2.37. The van der Waals surface area contributed by atoms with Crippen molar-refractivity contribution < 1.29 is 9.90 Å². The molecule has 0 aromatic rings. The summed E-state index contributed by atoms with van der Waals surface area (Å²) in [5, 5.41) is 12.2. The van der Waals surface area contributed by atoms with Crippen LogP contribution in [-0.4, -0.2) is 47.2 Å². The Morgan fingerprint density at radius 3 is 2.82 bits per heavy atom. The molecule has 2 N–H and O–H groups in total. The zero-order valence-electron chi connectivity index (χ0n) is 11.3. The van der Waals surface area contributed by atoms with E-state index < -0.39 is 5.97 Å². The van der Waals surface area contributed by atoms with E-state index in [4.69, 9.17) is 5.11 Å². The first-order valence-electron chi connectivity index (χ1n) is 6.66. The first-order valence-corrected chi connectivity index (χ1v) is 6.66. The Kier molecular flexibility index (Phi) is 5.40. The number of nitrogens with zero attached hydrogens (tertiary/aromatic N) is 1. The Labute approximate surface area is 104 Å². The molecule has 1 fully saturated rings. The van der Waals surface area contributed by atoms with Crippen molar-refractivity contribution >= 4 is 5.97 Å². The quantitative estimate of drug-likeness (QED) is 0.770. The standard InChI is InChI=1S/C13H26N2O2/c1-4-9-15-10-11(5-6-12(16)17)14-8-7-13(15,2)3/h11,14H,4-10H2,1-3H3,(H,16,17). The van der Waals surface area contributed by atoms with Crippen LogP contribution in [0.2, 0.25) is 0 Å². The van der Waals surface area contributed by atoms with E-state index in [9.17, 15) is 4.79 Å². The van der Waals surface area contributed by atoms with Crippen molar-refractivity contribution in [2.45, 2.75) is 58.0 Å². The van der Waals surface area contributed by atoms with Crippen molar-refractivity contribution in [3.05, 3.63) is 0 Å². The van der Waals surface area contributed by atoms with Gasteiger partial charge in [0.2, 0.25) is 0 Å². The minimum absolute atomic E-state index is 0.223. The molecule has 1 aliphatic heterocycles. The fourth-order valence-electron chi connectivity index (χ4n) is 2.47. The Morgan fingerprint density at radius 2 is 2.24 bits per heavy atom. The maximum absolute atomic E-state index is 10.6. The van der Waals surface area contributed by atoms with Crippen LogP contribution in [0.1, 0.15) is 46.5 Å². The van der Waals surface area contributed by atoms with Crippen molar-refractivity contribution in [2.24, 2.45) is 0 Å². The minimum Gasteiger partial charge on any atom is -0.481 e. The number of carbonyl (C=O) groups is 1. The molecule has 4 nitrogen and oxygen atoms in total. The zero-order chi connectivity index (χ0) is 12.9. The minimum atomic E-state index is -0.697. The van der Waals surface area contributed by atoms with Crippen molar-refractivity contribution in [1.29, 1.82) is 0 Å². The largest absolute Gasteiger partial charge is 0.481 e. The molecule has 0 radical (unpaired) electrons. The second-order valence-corrected chi connectivity index (χ2v) is 5.59. The van der Waals surface area contributed by atoms with E-state index in [-0.39, 0.29) is 12.0 Å². The van der Waals surface area contributed by atoms with Crippen LogP contribution in [0.4, 0.5) is 0 Å². The number of carboxylic acids is 1. The number of nitrogens with one attached hydrogen (secondary N) is 1. The van der Waals surface area contributed by atoms with Gasteiger partial charge in [-0.3, -0.25) is 9.69 Å². The summed E-state index contributed by atoms with van der Waals surface area (Å²) in [7, 11) is 0. The van der Waals surface area contributed by atoms with Gasteiger partial charge in [0.15, 0.2) is 0 Å². The molecule has 1 saturated heterocycles. The number of carboxylic acid groups (broad SMARTS) is 1. The Balaban J connectivity index is 2.56. The first-order chi connectivity index (χ1) is 7.95. The highest BCUT2D eigenvalue weighted by atomic mass is 16.4. The Morgan fingerprint density at radius 1 is 1.53 bits per heavy atom. The second kappa shape index (κ2) is 6.36. The molecule has 17 heavy (non-hydrogen) atoms. The van der Waals surface area contributed by atoms with Gasteiger partial charge in [-0.25, -0.2) is 0 Å². The van der Waals surface area contributed by atoms with Crippen molar-refractivity contribution in [2.75, 3.05) is 19.6 Å². The van der Waals surface area contributed by atoms with Crippen LogP contribution in [0.5, 0.6) is 0 Å². The fourth-order valence-corrected chi connectivity index (χ4v) is 2.47. The van der Waals surface area contributed by atoms with Gasteiger partial charge in [-0.05, 0) is 46.2 Å². The van der Waals surface area contributed by atoms with Gasteiger partial charge >= 0.3 is 5.97 Å². The van der Waals surface area contributed by atoms with E-state index in [1.54, 1.807) is 0 Å². The molecule has 1 heterocycles. The molecular weight excluding hydrogens is 216 g/mol. The smallest absolute Gasteiger partial charge is 0.303 e. The third kappa shape index (κ3) is 4.64. The molecule has 1 aliphatic rings. The van der Waals surface area contributed by atoms with E-state index in [0.29, 0.717) is 6.04 Å². The predicted molar refractivity (Wildman–Crippen MR) is 69.2 cm³/mol. The first kappa shape index (κ1) is 14.5. The average Bonchev–Trinajstić information content (AvgIpc) is 2.36. The molecule has 0 amide bonds. The van der Waals surface area contributed by atoms with Crippen molar-refractivity contribution in [3.63, 3.8) is 0 Å². The summed E-state index contributed by atoms with van der Waals surface area (Å²) >= 11 is 0. The van der Waals surface area contributed by atoms with Gasteiger partial charge in [-0.2, -0.15) is 0 Å². The van der Waals surface area contributed by atoms with Gasteiger partial charge in [0.25, 0.3) is 0 Å². The zero-order valence-corrected chi connectivity index (χ0v) is 11.3. The van der Waals surface area contributed by atoms with Crippen LogP contribution >= 0.6 is 0 Å². The maximum atomic E-state index is 10.6. The SMILES string of the molecule is CCCN1CC(CCC(=O)O)NCCC1(C)C. The lowest BCUT2D eigenvalue weighted by molar-refractivity contribution is -0.137. The van der Waals surface area contributed by atoms with Crippen LogP contribution in [0, 0.1) is 0 Å². The highest BCUT2D eigenvalue weighted by Crippen LogP contribution is 2.22. The lowest BCUT2D eigenvalue weighted by Crippen LogP contribution is -2.46. The van der Waals surface area contributed by atoms with Gasteiger partial charge < -0.3 is 10.4 Å². The maximum Gasteiger partial charge on any atom is 0.303 e. The van der Waals surface area contributed by atoms with Gasteiger partial charge in [-0.15, -0.1) is 0 Å². The number of hydrogen-bond donors (Lipinski definition) is 2. The Bertz CT molecular complexity index is 254. The summed E-state index contributed by atoms with van der Waals surface area (Å²) in [5.74, 6) is -0.697. The van der Waals surface area contributed by atoms with Crippen LogP contribution in [0.25, 0.3) is 0 Å². The van der Waals surface area contributed by atoms with E-state index in [1.807, 2.05) is 0 Å². The summed E-state index contributed by atoms with van der Waals surface area (Å²) in [4.78, 5) is 13.1. The summed E-state index contributed by atoms with van der Waals surface area (Å²) in [5.41, 5.74) is 0.223. The predicted octanol–water partition coefficient (Wildman–Crippen LogP) is 1.70. The topological polar surface area (TPSA) is 52.6 Å². The summed E-state index contributed by atoms with van der Waals surface area (Å²) in [6.07, 6.45) is 3.26. The van der Waals surface area contributed by atoms with Crippen molar-refractivity contribution in [1.82, 2.24) is 10.2 Å². The molecule has 1 rings (SSSR count). The van der Waals surface area contributed by atoms with Crippen LogP contribution in [0.15, 0.2) is 0 Å². The monoisotopic (exact) mass is 242 g/mol. The molecule has 0 bridgehead atoms. The highest BCUT2D eigenvalue weighted by molar-refractivity contribution is 5.66. The molecule has 0 aromatic heterocycles. The lowest BCUT2D eigenvalue weighted by atomic mass is 9.98. The summed E-state index contributed by atoms with van der Waals surface area (Å²) < 4.78 is 0. The van der Waals surface area contributed by atoms with Crippen LogP contribution in [-0.2, 0) is 4.79 Å². The number of rotatable bonds is 5. The normalized spacial score (nSPS) is 25.5. The van der Waals surface area contributed by atoms with Crippen LogP contribution in [0.3, 0.4) is 0 Å². The van der Waals surface area contributed by atoms with Gasteiger partial charge in [0.1, 0.15) is 0 Å². The molecule has 1 atom stereocenters. The van der Waals surface area contributed by atoms with Gasteiger partial charge in [0, 0.05) is 24.5 Å². The molecule has 0 saturated carbocycles. The number of hydrogen-bond acceptors (Lipinski definition) is 3. The number of aliphatic carboxylic acids is 1. The molecule has 0 aliphatic carbocycles. The Hall–Kier alpha value is -0.610. The van der Waals surface area contributed by atoms with Gasteiger partial charge in [0.05, 0.1) is 0 Å². The molecule has 0 spiro atoms. The molecular formula is C13H26N2O2. The third-order valence-corrected chi connectivity index (χ3v) is 3.67. The van der Waals surface area contributed by atoms with E-state index >= 15 is 0 Å². The van der Waals surface area contributed by atoms with E-state index in [2.05, 4.69) is 31.0 Å². The molecule has 4 heteroatoms. The van der Waals surface area contributed by atoms with Crippen LogP contribution < -0.4 is 5.32 Å². The molecule has 1 unspecified atom stereocenters. The van der Waals surface area contributed by atoms with E-state index in [1.165, 1.54) is 0 Å². The molecule has 100 valence electrons. The highest BCUT2D eigenvalue weighted by Gasteiger charge is 2.30. The third-order valence-electron chi connectivity index (χ3n) is 3.67. The summed E-state index contributed by atoms with van der Waals surface area (Å²) in [6, 6.07) is 0.319. The van der Waals surface area contributed by atoms with Gasteiger partial charge in [-0.1, -0.05) is 6.92 Å². The second-order valence-electron chi connectivity index (χ2n) is 5.59.